The zero-order chi connectivity index (χ0) is 17.4. The summed E-state index contributed by atoms with van der Waals surface area (Å²) in [6.45, 7) is 5.98. The number of carboxylic acid groups (broad SMARTS) is 1. The number of hydrogen-bond donors (Lipinski definition) is 2. The predicted octanol–water partition coefficient (Wildman–Crippen LogP) is 2.14. The number of urea groups is 1. The van der Waals surface area contributed by atoms with Gasteiger partial charge in [-0.2, -0.15) is 0 Å². The first-order valence-electron chi connectivity index (χ1n) is 7.23. The molecule has 124 valence electrons. The predicted molar refractivity (Wildman–Crippen MR) is 84.2 cm³/mol. The van der Waals surface area contributed by atoms with Crippen molar-refractivity contribution in [1.29, 1.82) is 0 Å². The smallest absolute Gasteiger partial charge is 0.339 e. The largest absolute Gasteiger partial charge is 0.496 e. The number of methoxy groups -OCH3 is 1. The highest BCUT2D eigenvalue weighted by Crippen LogP contribution is 2.38. The van der Waals surface area contributed by atoms with Crippen LogP contribution in [0, 0.1) is 0 Å². The third-order valence-corrected chi connectivity index (χ3v) is 3.64. The molecule has 0 atom stereocenters. The lowest BCUT2D eigenvalue weighted by molar-refractivity contribution is -0.118. The summed E-state index contributed by atoms with van der Waals surface area (Å²) in [5, 5.41) is 12.0. The molecule has 0 spiro atoms. The Bertz CT molecular complexity index is 660. The van der Waals surface area contributed by atoms with Crippen LogP contribution in [0.25, 0.3) is 0 Å². The first-order chi connectivity index (χ1) is 10.7. The second kappa shape index (κ2) is 5.91. The minimum Gasteiger partial charge on any atom is -0.496 e. The summed E-state index contributed by atoms with van der Waals surface area (Å²) in [6.07, 6.45) is 0.172. The molecule has 0 saturated carbocycles. The molecular weight excluding hydrogens is 300 g/mol. The van der Waals surface area contributed by atoms with Crippen LogP contribution in [0.3, 0.4) is 0 Å². The summed E-state index contributed by atoms with van der Waals surface area (Å²) in [4.78, 5) is 36.7. The number of aromatic carboxylic acids is 1. The number of carboxylic acids is 1. The Labute approximate surface area is 134 Å². The van der Waals surface area contributed by atoms with E-state index in [0.29, 0.717) is 5.56 Å². The quantitative estimate of drug-likeness (QED) is 0.889. The van der Waals surface area contributed by atoms with Gasteiger partial charge in [0, 0.05) is 18.5 Å². The van der Waals surface area contributed by atoms with Crippen molar-refractivity contribution in [3.63, 3.8) is 0 Å². The first kappa shape index (κ1) is 16.8. The minimum absolute atomic E-state index is 0.0823. The van der Waals surface area contributed by atoms with E-state index >= 15 is 0 Å². The molecule has 0 aromatic heterocycles. The lowest BCUT2D eigenvalue weighted by Gasteiger charge is -2.29. The number of carbonyl (C=O) groups is 3. The van der Waals surface area contributed by atoms with Gasteiger partial charge in [0.1, 0.15) is 11.3 Å². The Morgan fingerprint density at radius 3 is 2.43 bits per heavy atom. The maximum absolute atomic E-state index is 12.1. The topological polar surface area (TPSA) is 95.9 Å². The SMILES string of the molecule is COc1c(C(=O)O)cc(N2C(=O)CCNC2=O)cc1C(C)(C)C. The molecule has 7 heteroatoms. The average molecular weight is 320 g/mol. The summed E-state index contributed by atoms with van der Waals surface area (Å²) in [6, 6.07) is 2.37. The van der Waals surface area contributed by atoms with Crippen LogP contribution >= 0.6 is 0 Å². The van der Waals surface area contributed by atoms with Crippen LogP contribution in [0.4, 0.5) is 10.5 Å². The number of carbonyl (C=O) groups excluding carboxylic acids is 2. The molecule has 23 heavy (non-hydrogen) atoms. The van der Waals surface area contributed by atoms with Gasteiger partial charge in [0.05, 0.1) is 12.8 Å². The van der Waals surface area contributed by atoms with Gasteiger partial charge in [-0.1, -0.05) is 20.8 Å². The number of ether oxygens (including phenoxy) is 1. The second-order valence-corrected chi connectivity index (χ2v) is 6.34. The zero-order valence-corrected chi connectivity index (χ0v) is 13.6. The van der Waals surface area contributed by atoms with Gasteiger partial charge in [-0.05, 0) is 17.5 Å². The summed E-state index contributed by atoms with van der Waals surface area (Å²) < 4.78 is 5.28. The Morgan fingerprint density at radius 1 is 1.30 bits per heavy atom. The molecule has 0 unspecified atom stereocenters. The summed E-state index contributed by atoms with van der Waals surface area (Å²) in [7, 11) is 1.40. The van der Waals surface area contributed by atoms with E-state index in [0.717, 1.165) is 4.90 Å². The van der Waals surface area contributed by atoms with Gasteiger partial charge in [-0.15, -0.1) is 0 Å². The van der Waals surface area contributed by atoms with E-state index in [2.05, 4.69) is 5.32 Å². The number of nitrogens with zero attached hydrogens (tertiary/aromatic N) is 1. The van der Waals surface area contributed by atoms with Crippen molar-refractivity contribution in [2.75, 3.05) is 18.6 Å². The molecule has 7 nitrogen and oxygen atoms in total. The number of anilines is 1. The second-order valence-electron chi connectivity index (χ2n) is 6.34. The third-order valence-electron chi connectivity index (χ3n) is 3.64. The maximum Gasteiger partial charge on any atom is 0.339 e. The monoisotopic (exact) mass is 320 g/mol. The van der Waals surface area contributed by atoms with Crippen LogP contribution in [0.15, 0.2) is 12.1 Å². The minimum atomic E-state index is -1.18. The Balaban J connectivity index is 2.70. The molecule has 0 radical (unpaired) electrons. The van der Waals surface area contributed by atoms with Crippen molar-refractivity contribution >= 4 is 23.6 Å². The lowest BCUT2D eigenvalue weighted by Crippen LogP contribution is -2.50. The normalized spacial score (nSPS) is 15.4. The van der Waals surface area contributed by atoms with Gasteiger partial charge in [0.15, 0.2) is 0 Å². The molecule has 0 aliphatic carbocycles. The van der Waals surface area contributed by atoms with Gasteiger partial charge in [0.2, 0.25) is 5.91 Å². The van der Waals surface area contributed by atoms with Crippen LogP contribution < -0.4 is 15.0 Å². The highest BCUT2D eigenvalue weighted by molar-refractivity contribution is 6.16. The van der Waals surface area contributed by atoms with Gasteiger partial charge < -0.3 is 15.2 Å². The Hall–Kier alpha value is -2.57. The molecule has 1 aromatic carbocycles. The fourth-order valence-corrected chi connectivity index (χ4v) is 2.52. The van der Waals surface area contributed by atoms with E-state index in [1.54, 1.807) is 6.07 Å². The van der Waals surface area contributed by atoms with Crippen molar-refractivity contribution in [3.05, 3.63) is 23.3 Å². The molecule has 3 amide bonds. The molecule has 1 heterocycles. The number of benzene rings is 1. The molecular formula is C16H20N2O5. The third kappa shape index (κ3) is 3.13. The number of amides is 3. The van der Waals surface area contributed by atoms with Crippen molar-refractivity contribution in [1.82, 2.24) is 5.32 Å². The van der Waals surface area contributed by atoms with Crippen LogP contribution in [0.5, 0.6) is 5.75 Å². The lowest BCUT2D eigenvalue weighted by atomic mass is 9.84. The van der Waals surface area contributed by atoms with E-state index in [9.17, 15) is 19.5 Å². The molecule has 1 aliphatic rings. The summed E-state index contributed by atoms with van der Waals surface area (Å²) in [5.41, 5.74) is 0.332. The van der Waals surface area contributed by atoms with Crippen LogP contribution in [0.2, 0.25) is 0 Å². The maximum atomic E-state index is 12.1. The van der Waals surface area contributed by atoms with Crippen molar-refractivity contribution in [3.8, 4) is 5.75 Å². The Kier molecular flexibility index (Phi) is 4.31. The molecule has 1 saturated heterocycles. The van der Waals surface area contributed by atoms with Crippen molar-refractivity contribution in [2.45, 2.75) is 32.6 Å². The van der Waals surface area contributed by atoms with Crippen molar-refractivity contribution < 1.29 is 24.2 Å². The molecule has 2 rings (SSSR count). The summed E-state index contributed by atoms with van der Waals surface area (Å²) >= 11 is 0. The van der Waals surface area contributed by atoms with Crippen LogP contribution in [-0.4, -0.2) is 36.7 Å². The van der Waals surface area contributed by atoms with E-state index in [1.165, 1.54) is 13.2 Å². The fourth-order valence-electron chi connectivity index (χ4n) is 2.52. The highest BCUT2D eigenvalue weighted by Gasteiger charge is 2.31. The summed E-state index contributed by atoms with van der Waals surface area (Å²) in [5.74, 6) is -1.31. The molecule has 0 bridgehead atoms. The number of hydrogen-bond acceptors (Lipinski definition) is 4. The van der Waals surface area contributed by atoms with E-state index in [4.69, 9.17) is 4.74 Å². The molecule has 1 aliphatic heterocycles. The number of rotatable bonds is 3. The average Bonchev–Trinajstić information content (AvgIpc) is 2.45. The number of nitrogens with one attached hydrogen (secondary N) is 1. The van der Waals surface area contributed by atoms with E-state index in [-0.39, 0.29) is 35.9 Å². The van der Waals surface area contributed by atoms with E-state index < -0.39 is 17.4 Å². The van der Waals surface area contributed by atoms with Gasteiger partial charge >= 0.3 is 12.0 Å². The van der Waals surface area contributed by atoms with Gasteiger partial charge in [0.25, 0.3) is 0 Å². The molecule has 1 aromatic rings. The van der Waals surface area contributed by atoms with Crippen LogP contribution in [-0.2, 0) is 10.2 Å². The zero-order valence-electron chi connectivity index (χ0n) is 13.6. The number of imide groups is 1. The van der Waals surface area contributed by atoms with Gasteiger partial charge in [-0.3, -0.25) is 4.79 Å². The highest BCUT2D eigenvalue weighted by atomic mass is 16.5. The van der Waals surface area contributed by atoms with E-state index in [1.807, 2.05) is 20.8 Å². The van der Waals surface area contributed by atoms with Crippen molar-refractivity contribution in [2.24, 2.45) is 0 Å². The Morgan fingerprint density at radius 2 is 1.96 bits per heavy atom. The van der Waals surface area contributed by atoms with Crippen LogP contribution in [0.1, 0.15) is 43.1 Å². The molecule has 1 fully saturated rings. The standard InChI is InChI=1S/C16H20N2O5/c1-16(2,3)11-8-9(7-10(14(20)21)13(11)23-4)18-12(19)5-6-17-15(18)22/h7-8H,5-6H2,1-4H3,(H,17,22)(H,20,21). The van der Waals surface area contributed by atoms with Gasteiger partial charge in [-0.25, -0.2) is 14.5 Å². The first-order valence-corrected chi connectivity index (χ1v) is 7.23. The molecule has 2 N–H and O–H groups in total. The fraction of sp³-hybridized carbons (Fsp3) is 0.438.